The van der Waals surface area contributed by atoms with Gasteiger partial charge in [0.1, 0.15) is 5.82 Å². The second-order valence-corrected chi connectivity index (χ2v) is 13.2. The molecular weight excluding hydrogens is 549 g/mol. The maximum absolute atomic E-state index is 15.4. The first-order valence-electron chi connectivity index (χ1n) is 17.2. The van der Waals surface area contributed by atoms with Crippen LogP contribution >= 0.6 is 0 Å². The summed E-state index contributed by atoms with van der Waals surface area (Å²) in [5, 5.41) is 0. The lowest BCUT2D eigenvalue weighted by Gasteiger charge is -2.35. The highest BCUT2D eigenvalue weighted by atomic mass is 19.2. The van der Waals surface area contributed by atoms with E-state index >= 15 is 4.39 Å². The van der Waals surface area contributed by atoms with E-state index in [1.54, 1.807) is 42.5 Å². The smallest absolute Gasteiger partial charge is 0.166 e. The Hall–Kier alpha value is -3.07. The topological polar surface area (TPSA) is 0 Å². The molecule has 1 saturated carbocycles. The minimum atomic E-state index is -0.824. The summed E-state index contributed by atoms with van der Waals surface area (Å²) < 4.78 is 45.2. The standard InChI is InChI=1S/C41H49F3/c1-3-5-7-9-11-35-24-27-38(41(44)40(35)43)34-22-20-33(21-23-34)37-26-25-36(28-39(37)42)32-18-16-31(17-19-32)30-14-12-29(13-15-30)10-8-6-4-2/h3,5,18,20-31H,4,6-17,19H2,1-2H3/b5-3-. The van der Waals surface area contributed by atoms with Gasteiger partial charge in [-0.25, -0.2) is 13.2 Å². The third-order valence-corrected chi connectivity index (χ3v) is 10.3. The zero-order chi connectivity index (χ0) is 30.9. The Morgan fingerprint density at radius 3 is 2.09 bits per heavy atom. The number of allylic oxidation sites excluding steroid dienone is 4. The maximum Gasteiger partial charge on any atom is 0.166 e. The Labute approximate surface area is 263 Å². The molecule has 0 spiro atoms. The molecule has 0 amide bonds. The fourth-order valence-corrected chi connectivity index (χ4v) is 7.54. The minimum absolute atomic E-state index is 0.227. The van der Waals surface area contributed by atoms with E-state index in [2.05, 4.69) is 13.0 Å². The lowest BCUT2D eigenvalue weighted by Crippen LogP contribution is -2.23. The SMILES string of the molecule is C/C=C\CCCc1ccc(-c2ccc(-c3ccc(C4=CCC(C5CCC(CCCCC)CC5)CC4)cc3F)cc2)c(F)c1F. The van der Waals surface area contributed by atoms with Gasteiger partial charge < -0.3 is 0 Å². The third kappa shape index (κ3) is 7.95. The molecule has 1 unspecified atom stereocenters. The lowest BCUT2D eigenvalue weighted by molar-refractivity contribution is 0.187. The van der Waals surface area contributed by atoms with Gasteiger partial charge in [-0.2, -0.15) is 0 Å². The first-order valence-corrected chi connectivity index (χ1v) is 17.2. The van der Waals surface area contributed by atoms with Gasteiger partial charge in [0.25, 0.3) is 0 Å². The van der Waals surface area contributed by atoms with Gasteiger partial charge >= 0.3 is 0 Å². The van der Waals surface area contributed by atoms with Gasteiger partial charge in [0.05, 0.1) is 0 Å². The molecule has 0 aliphatic heterocycles. The van der Waals surface area contributed by atoms with Gasteiger partial charge in [0.15, 0.2) is 11.6 Å². The molecular formula is C41H49F3. The van der Waals surface area contributed by atoms with E-state index in [4.69, 9.17) is 0 Å². The summed E-state index contributed by atoms with van der Waals surface area (Å²) >= 11 is 0. The maximum atomic E-state index is 15.4. The van der Waals surface area contributed by atoms with Gasteiger partial charge in [-0.15, -0.1) is 0 Å². The molecule has 0 saturated heterocycles. The van der Waals surface area contributed by atoms with Crippen LogP contribution in [0.25, 0.3) is 27.8 Å². The van der Waals surface area contributed by atoms with Crippen molar-refractivity contribution >= 4 is 5.57 Å². The highest BCUT2D eigenvalue weighted by Gasteiger charge is 2.28. The molecule has 2 aliphatic rings. The van der Waals surface area contributed by atoms with Crippen LogP contribution in [0.5, 0.6) is 0 Å². The van der Waals surface area contributed by atoms with Gasteiger partial charge in [-0.05, 0) is 110 Å². The molecule has 0 nitrogen and oxygen atoms in total. The molecule has 0 N–H and O–H groups in total. The summed E-state index contributed by atoms with van der Waals surface area (Å²) in [7, 11) is 0. The average molecular weight is 599 g/mol. The summed E-state index contributed by atoms with van der Waals surface area (Å²) in [6, 6.07) is 16.0. The second-order valence-electron chi connectivity index (χ2n) is 13.2. The molecule has 234 valence electrons. The lowest BCUT2D eigenvalue weighted by atomic mass is 9.70. The van der Waals surface area contributed by atoms with Gasteiger partial charge in [-0.3, -0.25) is 0 Å². The Kier molecular flexibility index (Phi) is 11.6. The highest BCUT2D eigenvalue weighted by Crippen LogP contribution is 2.42. The van der Waals surface area contributed by atoms with Crippen LogP contribution in [-0.4, -0.2) is 0 Å². The van der Waals surface area contributed by atoms with Crippen LogP contribution in [0.1, 0.15) is 108 Å². The molecule has 3 aromatic rings. The van der Waals surface area contributed by atoms with Crippen LogP contribution < -0.4 is 0 Å². The molecule has 0 bridgehead atoms. The summed E-state index contributed by atoms with van der Waals surface area (Å²) in [5.41, 5.74) is 4.69. The van der Waals surface area contributed by atoms with Crippen molar-refractivity contribution in [3.8, 4) is 22.3 Å². The van der Waals surface area contributed by atoms with E-state index in [9.17, 15) is 8.78 Å². The highest BCUT2D eigenvalue weighted by molar-refractivity contribution is 5.74. The molecule has 5 rings (SSSR count). The van der Waals surface area contributed by atoms with E-state index in [1.165, 1.54) is 63.4 Å². The number of rotatable bonds is 12. The quantitative estimate of drug-likeness (QED) is 0.144. The van der Waals surface area contributed by atoms with Crippen molar-refractivity contribution < 1.29 is 13.2 Å². The Balaban J connectivity index is 1.19. The van der Waals surface area contributed by atoms with Crippen LogP contribution in [0.3, 0.4) is 0 Å². The number of unbranched alkanes of at least 4 members (excludes halogenated alkanes) is 3. The number of hydrogen-bond donors (Lipinski definition) is 0. The van der Waals surface area contributed by atoms with Crippen molar-refractivity contribution in [3.63, 3.8) is 0 Å². The monoisotopic (exact) mass is 598 g/mol. The largest absolute Gasteiger partial charge is 0.206 e. The summed E-state index contributed by atoms with van der Waals surface area (Å²) in [6.07, 6.45) is 22.9. The van der Waals surface area contributed by atoms with Crippen LogP contribution in [0, 0.1) is 35.2 Å². The second kappa shape index (κ2) is 15.8. The third-order valence-electron chi connectivity index (χ3n) is 10.3. The van der Waals surface area contributed by atoms with Crippen LogP contribution in [0.15, 0.2) is 72.8 Å². The number of aryl methyl sites for hydroxylation is 1. The van der Waals surface area contributed by atoms with Crippen molar-refractivity contribution in [1.29, 1.82) is 0 Å². The number of hydrogen-bond acceptors (Lipinski definition) is 0. The summed E-state index contributed by atoms with van der Waals surface area (Å²) in [6.45, 7) is 4.24. The number of benzene rings is 3. The molecule has 2 aliphatic carbocycles. The zero-order valence-electron chi connectivity index (χ0n) is 26.7. The van der Waals surface area contributed by atoms with Crippen molar-refractivity contribution in [1.82, 2.24) is 0 Å². The van der Waals surface area contributed by atoms with Gasteiger partial charge in [-0.1, -0.05) is 112 Å². The zero-order valence-corrected chi connectivity index (χ0v) is 26.7. The molecule has 0 heterocycles. The van der Waals surface area contributed by atoms with E-state index < -0.39 is 11.6 Å². The fourth-order valence-electron chi connectivity index (χ4n) is 7.54. The predicted molar refractivity (Wildman–Crippen MR) is 180 cm³/mol. The first kappa shape index (κ1) is 32.3. The van der Waals surface area contributed by atoms with Crippen molar-refractivity contribution in [3.05, 3.63) is 101 Å². The molecule has 3 aromatic carbocycles. The van der Waals surface area contributed by atoms with Gasteiger partial charge in [0.2, 0.25) is 0 Å². The molecule has 1 atom stereocenters. The minimum Gasteiger partial charge on any atom is -0.206 e. The van der Waals surface area contributed by atoms with E-state index in [-0.39, 0.29) is 11.4 Å². The van der Waals surface area contributed by atoms with E-state index in [0.717, 1.165) is 54.6 Å². The van der Waals surface area contributed by atoms with Crippen molar-refractivity contribution in [2.75, 3.05) is 0 Å². The summed E-state index contributed by atoms with van der Waals surface area (Å²) in [4.78, 5) is 0. The Bertz CT molecular complexity index is 1420. The van der Waals surface area contributed by atoms with E-state index in [1.807, 2.05) is 31.2 Å². The Morgan fingerprint density at radius 2 is 1.43 bits per heavy atom. The predicted octanol–water partition coefficient (Wildman–Crippen LogP) is 12.9. The first-order chi connectivity index (χ1) is 21.5. The van der Waals surface area contributed by atoms with Crippen molar-refractivity contribution in [2.45, 2.75) is 104 Å². The molecule has 1 fully saturated rings. The number of halogens is 3. The molecule has 0 radical (unpaired) electrons. The van der Waals surface area contributed by atoms with Gasteiger partial charge in [0, 0.05) is 11.1 Å². The van der Waals surface area contributed by atoms with Crippen LogP contribution in [-0.2, 0) is 6.42 Å². The van der Waals surface area contributed by atoms with Crippen molar-refractivity contribution in [2.24, 2.45) is 17.8 Å². The van der Waals surface area contributed by atoms with Crippen LogP contribution in [0.2, 0.25) is 0 Å². The fraction of sp³-hybridized carbons (Fsp3) is 0.463. The molecule has 44 heavy (non-hydrogen) atoms. The normalized spacial score (nSPS) is 20.7. The average Bonchev–Trinajstić information content (AvgIpc) is 3.06. The van der Waals surface area contributed by atoms with Crippen LogP contribution in [0.4, 0.5) is 13.2 Å². The Morgan fingerprint density at radius 1 is 0.727 bits per heavy atom. The molecule has 0 aromatic heterocycles. The van der Waals surface area contributed by atoms with E-state index in [0.29, 0.717) is 23.1 Å². The molecule has 3 heteroatoms. The summed E-state index contributed by atoms with van der Waals surface area (Å²) in [5.74, 6) is 0.726.